The second kappa shape index (κ2) is 6.08. The molecule has 1 fully saturated rings. The van der Waals surface area contributed by atoms with Gasteiger partial charge in [-0.1, -0.05) is 6.07 Å². The molecule has 0 bridgehead atoms. The molecule has 7 nitrogen and oxygen atoms in total. The molecule has 0 amide bonds. The topological polar surface area (TPSA) is 92.5 Å². The number of nitro benzene ring substituents is 1. The Balaban J connectivity index is 2.39. The molecule has 0 saturated carbocycles. The van der Waals surface area contributed by atoms with E-state index < -0.39 is 14.9 Å². The maximum atomic E-state index is 12.7. The minimum atomic E-state index is -3.72. The molecule has 116 valence electrons. The molecule has 0 unspecified atom stereocenters. The van der Waals surface area contributed by atoms with Crippen molar-refractivity contribution < 1.29 is 13.3 Å². The van der Waals surface area contributed by atoms with Crippen LogP contribution in [0.25, 0.3) is 0 Å². The van der Waals surface area contributed by atoms with E-state index in [-0.39, 0.29) is 22.2 Å². The third kappa shape index (κ3) is 3.07. The van der Waals surface area contributed by atoms with Crippen molar-refractivity contribution in [3.05, 3.63) is 33.9 Å². The number of nitrogens with one attached hydrogen (secondary N) is 1. The summed E-state index contributed by atoms with van der Waals surface area (Å²) in [6.07, 6.45) is 1.48. The van der Waals surface area contributed by atoms with Gasteiger partial charge >= 0.3 is 0 Å². The van der Waals surface area contributed by atoms with Crippen LogP contribution in [-0.2, 0) is 10.0 Å². The third-order valence-electron chi connectivity index (χ3n) is 3.93. The van der Waals surface area contributed by atoms with Crippen LogP contribution in [0, 0.1) is 17.0 Å². The molecule has 1 aromatic carbocycles. The van der Waals surface area contributed by atoms with Gasteiger partial charge in [-0.15, -0.1) is 0 Å². The first kappa shape index (κ1) is 15.9. The zero-order valence-corrected chi connectivity index (χ0v) is 12.9. The molecule has 0 aliphatic carbocycles. The monoisotopic (exact) mass is 313 g/mol. The number of hydrogen-bond donors (Lipinski definition) is 1. The SMILES string of the molecule is Cc1c([N+](=O)[O-])cccc1S(=O)(=O)N(C)C1CCNCC1. The summed E-state index contributed by atoms with van der Waals surface area (Å²) in [6, 6.07) is 4.08. The minimum absolute atomic E-state index is 0.0118. The van der Waals surface area contributed by atoms with Gasteiger partial charge < -0.3 is 5.32 Å². The highest BCUT2D eigenvalue weighted by Crippen LogP contribution is 2.28. The Hall–Kier alpha value is -1.51. The largest absolute Gasteiger partial charge is 0.317 e. The predicted molar refractivity (Wildman–Crippen MR) is 78.7 cm³/mol. The molecule has 1 heterocycles. The van der Waals surface area contributed by atoms with Crippen molar-refractivity contribution in [2.45, 2.75) is 30.7 Å². The molecule has 21 heavy (non-hydrogen) atoms. The van der Waals surface area contributed by atoms with Crippen molar-refractivity contribution in [1.82, 2.24) is 9.62 Å². The molecule has 1 aliphatic rings. The van der Waals surface area contributed by atoms with Gasteiger partial charge in [0.2, 0.25) is 10.0 Å². The Bertz CT molecular complexity index is 639. The summed E-state index contributed by atoms with van der Waals surface area (Å²) < 4.78 is 26.8. The van der Waals surface area contributed by atoms with Gasteiger partial charge in [0.1, 0.15) is 0 Å². The van der Waals surface area contributed by atoms with E-state index in [2.05, 4.69) is 5.32 Å². The van der Waals surface area contributed by atoms with E-state index in [9.17, 15) is 18.5 Å². The lowest BCUT2D eigenvalue weighted by atomic mass is 10.1. The summed E-state index contributed by atoms with van der Waals surface area (Å²) in [4.78, 5) is 10.4. The summed E-state index contributed by atoms with van der Waals surface area (Å²) in [5.74, 6) is 0. The van der Waals surface area contributed by atoms with Crippen molar-refractivity contribution in [2.24, 2.45) is 0 Å². The second-order valence-electron chi connectivity index (χ2n) is 5.16. The number of benzene rings is 1. The number of nitro groups is 1. The summed E-state index contributed by atoms with van der Waals surface area (Å²) in [7, 11) is -2.18. The lowest BCUT2D eigenvalue weighted by Gasteiger charge is -2.31. The molecular weight excluding hydrogens is 294 g/mol. The van der Waals surface area contributed by atoms with Gasteiger partial charge in [-0.05, 0) is 38.9 Å². The standard InChI is InChI=1S/C13H19N3O4S/c1-10-12(16(17)18)4-3-5-13(10)21(19,20)15(2)11-6-8-14-9-7-11/h3-5,11,14H,6-9H2,1-2H3. The van der Waals surface area contributed by atoms with E-state index in [4.69, 9.17) is 0 Å². The average Bonchev–Trinajstić information content (AvgIpc) is 2.47. The maximum Gasteiger partial charge on any atom is 0.273 e. The van der Waals surface area contributed by atoms with Gasteiger partial charge in [0.15, 0.2) is 0 Å². The van der Waals surface area contributed by atoms with E-state index in [0.717, 1.165) is 25.9 Å². The normalized spacial score (nSPS) is 17.1. The average molecular weight is 313 g/mol. The number of sulfonamides is 1. The smallest absolute Gasteiger partial charge is 0.273 e. The summed E-state index contributed by atoms with van der Waals surface area (Å²) in [6.45, 7) is 3.03. The molecule has 1 aliphatic heterocycles. The molecule has 1 saturated heterocycles. The Kier molecular flexibility index (Phi) is 4.60. The van der Waals surface area contributed by atoms with Crippen LogP contribution in [0.5, 0.6) is 0 Å². The second-order valence-corrected chi connectivity index (χ2v) is 7.13. The van der Waals surface area contributed by atoms with E-state index in [1.807, 2.05) is 0 Å². The third-order valence-corrected chi connectivity index (χ3v) is 5.99. The van der Waals surface area contributed by atoms with Crippen LogP contribution in [-0.4, -0.2) is 43.8 Å². The lowest BCUT2D eigenvalue weighted by molar-refractivity contribution is -0.385. The van der Waals surface area contributed by atoms with Gasteiger partial charge in [-0.25, -0.2) is 8.42 Å². The highest BCUT2D eigenvalue weighted by atomic mass is 32.2. The number of rotatable bonds is 4. The molecule has 8 heteroatoms. The molecule has 1 N–H and O–H groups in total. The Labute approximate surface area is 124 Å². The Morgan fingerprint density at radius 3 is 2.52 bits per heavy atom. The quantitative estimate of drug-likeness (QED) is 0.667. The molecule has 0 spiro atoms. The maximum absolute atomic E-state index is 12.7. The Morgan fingerprint density at radius 1 is 1.33 bits per heavy atom. The van der Waals surface area contributed by atoms with Crippen LogP contribution in [0.15, 0.2) is 23.1 Å². The molecule has 2 rings (SSSR count). The van der Waals surface area contributed by atoms with E-state index in [1.54, 1.807) is 7.05 Å². The number of piperidine rings is 1. The number of hydrogen-bond acceptors (Lipinski definition) is 5. The van der Waals surface area contributed by atoms with Gasteiger partial charge in [0.05, 0.1) is 9.82 Å². The molecule has 0 radical (unpaired) electrons. The fraction of sp³-hybridized carbons (Fsp3) is 0.538. The molecule has 1 aromatic rings. The fourth-order valence-electron chi connectivity index (χ4n) is 2.60. The van der Waals surface area contributed by atoms with Crippen LogP contribution in [0.1, 0.15) is 18.4 Å². The first-order chi connectivity index (χ1) is 9.85. The van der Waals surface area contributed by atoms with Crippen molar-refractivity contribution in [3.63, 3.8) is 0 Å². The zero-order valence-electron chi connectivity index (χ0n) is 12.1. The van der Waals surface area contributed by atoms with Crippen LogP contribution in [0.4, 0.5) is 5.69 Å². The van der Waals surface area contributed by atoms with E-state index >= 15 is 0 Å². The van der Waals surface area contributed by atoms with Crippen molar-refractivity contribution in [1.29, 1.82) is 0 Å². The van der Waals surface area contributed by atoms with Crippen LogP contribution in [0.2, 0.25) is 0 Å². The number of nitrogens with zero attached hydrogens (tertiary/aromatic N) is 2. The Morgan fingerprint density at radius 2 is 1.95 bits per heavy atom. The van der Waals surface area contributed by atoms with E-state index in [0.29, 0.717) is 0 Å². The summed E-state index contributed by atoms with van der Waals surface area (Å²) in [5, 5.41) is 14.1. The minimum Gasteiger partial charge on any atom is -0.317 e. The molecular formula is C13H19N3O4S. The summed E-state index contributed by atoms with van der Waals surface area (Å²) in [5.41, 5.74) is 0.0121. The van der Waals surface area contributed by atoms with Crippen LogP contribution >= 0.6 is 0 Å². The summed E-state index contributed by atoms with van der Waals surface area (Å²) >= 11 is 0. The van der Waals surface area contributed by atoms with Crippen molar-refractivity contribution in [2.75, 3.05) is 20.1 Å². The molecule has 0 atom stereocenters. The highest BCUT2D eigenvalue weighted by Gasteiger charge is 2.31. The first-order valence-electron chi connectivity index (χ1n) is 6.78. The fourth-order valence-corrected chi connectivity index (χ4v) is 4.26. The zero-order chi connectivity index (χ0) is 15.6. The van der Waals surface area contributed by atoms with Gasteiger partial charge in [-0.3, -0.25) is 10.1 Å². The van der Waals surface area contributed by atoms with Gasteiger partial charge in [-0.2, -0.15) is 4.31 Å². The van der Waals surface area contributed by atoms with Crippen LogP contribution in [0.3, 0.4) is 0 Å². The predicted octanol–water partition coefficient (Wildman–Crippen LogP) is 1.28. The molecule has 0 aromatic heterocycles. The van der Waals surface area contributed by atoms with Crippen molar-refractivity contribution in [3.8, 4) is 0 Å². The lowest BCUT2D eigenvalue weighted by Crippen LogP contribution is -2.44. The van der Waals surface area contributed by atoms with Crippen molar-refractivity contribution >= 4 is 15.7 Å². The van der Waals surface area contributed by atoms with E-state index in [1.165, 1.54) is 29.4 Å². The van der Waals surface area contributed by atoms with Gasteiger partial charge in [0.25, 0.3) is 5.69 Å². The first-order valence-corrected chi connectivity index (χ1v) is 8.22. The highest BCUT2D eigenvalue weighted by molar-refractivity contribution is 7.89. The van der Waals surface area contributed by atoms with Gasteiger partial charge in [0, 0.05) is 24.7 Å². The van der Waals surface area contributed by atoms with Crippen LogP contribution < -0.4 is 5.32 Å².